The van der Waals surface area contributed by atoms with Gasteiger partial charge in [-0.05, 0) is 42.5 Å². The minimum atomic E-state index is -4.49. The number of carbonyl (C=O) groups excluding carboxylic acids is 1. The molecule has 0 atom stereocenters. The number of benzene rings is 1. The summed E-state index contributed by atoms with van der Waals surface area (Å²) >= 11 is 5.97. The molecule has 0 unspecified atom stereocenters. The maximum absolute atomic E-state index is 12.9. The third-order valence-corrected chi connectivity index (χ3v) is 3.90. The van der Waals surface area contributed by atoms with Gasteiger partial charge in [-0.15, -0.1) is 0 Å². The Bertz CT molecular complexity index is 943. The number of hydrogen-bond acceptors (Lipinski definition) is 4. The van der Waals surface area contributed by atoms with Crippen molar-refractivity contribution in [2.75, 3.05) is 5.32 Å². The first-order chi connectivity index (χ1) is 12.8. The molecule has 1 amide bonds. The van der Waals surface area contributed by atoms with Crippen LogP contribution in [0.3, 0.4) is 0 Å². The summed E-state index contributed by atoms with van der Waals surface area (Å²) in [5, 5.41) is 5.53. The van der Waals surface area contributed by atoms with Gasteiger partial charge in [0.2, 0.25) is 0 Å². The van der Waals surface area contributed by atoms with Gasteiger partial charge in [0.15, 0.2) is 0 Å². The van der Waals surface area contributed by atoms with E-state index in [1.165, 1.54) is 24.6 Å². The minimum absolute atomic E-state index is 0.0691. The number of nitrogens with zero attached hydrogens (tertiary/aromatic N) is 1. The molecule has 0 aliphatic heterocycles. The van der Waals surface area contributed by atoms with E-state index in [-0.39, 0.29) is 22.9 Å². The van der Waals surface area contributed by atoms with Crippen molar-refractivity contribution in [1.29, 1.82) is 0 Å². The highest BCUT2D eigenvalue weighted by Gasteiger charge is 2.31. The lowest BCUT2D eigenvalue weighted by atomic mass is 10.2. The van der Waals surface area contributed by atoms with E-state index in [0.29, 0.717) is 11.4 Å². The molecular formula is C18H13ClF3N3O2. The highest BCUT2D eigenvalue weighted by atomic mass is 35.5. The molecule has 2 aromatic heterocycles. The number of alkyl halides is 3. The van der Waals surface area contributed by atoms with Crippen LogP contribution in [0.2, 0.25) is 5.02 Å². The average Bonchev–Trinajstić information content (AvgIpc) is 3.14. The van der Waals surface area contributed by atoms with Crippen LogP contribution in [0.1, 0.15) is 21.8 Å². The molecule has 0 saturated heterocycles. The Morgan fingerprint density at radius 1 is 1.19 bits per heavy atom. The number of amides is 1. The lowest BCUT2D eigenvalue weighted by molar-refractivity contribution is -0.137. The summed E-state index contributed by atoms with van der Waals surface area (Å²) in [6.07, 6.45) is -1.63. The molecular weight excluding hydrogens is 383 g/mol. The van der Waals surface area contributed by atoms with Gasteiger partial charge in [0.1, 0.15) is 11.5 Å². The zero-order valence-corrected chi connectivity index (χ0v) is 14.4. The summed E-state index contributed by atoms with van der Waals surface area (Å²) in [7, 11) is 0. The summed E-state index contributed by atoms with van der Waals surface area (Å²) in [6, 6.07) is 9.29. The summed E-state index contributed by atoms with van der Waals surface area (Å²) < 4.78 is 43.7. The molecule has 0 fully saturated rings. The van der Waals surface area contributed by atoms with E-state index in [1.807, 2.05) is 0 Å². The monoisotopic (exact) mass is 395 g/mol. The first-order valence-electron chi connectivity index (χ1n) is 7.73. The predicted octanol–water partition coefficient (Wildman–Crippen LogP) is 5.02. The van der Waals surface area contributed by atoms with Crippen molar-refractivity contribution in [2.24, 2.45) is 0 Å². The molecule has 5 nitrogen and oxygen atoms in total. The van der Waals surface area contributed by atoms with Crippen molar-refractivity contribution in [3.05, 3.63) is 77.0 Å². The zero-order valence-electron chi connectivity index (χ0n) is 13.7. The molecule has 140 valence electrons. The number of halogens is 4. The van der Waals surface area contributed by atoms with Gasteiger partial charge in [0, 0.05) is 11.9 Å². The molecule has 27 heavy (non-hydrogen) atoms. The highest BCUT2D eigenvalue weighted by molar-refractivity contribution is 6.33. The summed E-state index contributed by atoms with van der Waals surface area (Å²) in [6.45, 7) is 0.185. The molecule has 0 radical (unpaired) electrons. The van der Waals surface area contributed by atoms with Gasteiger partial charge in [-0.3, -0.25) is 9.78 Å². The Labute approximate surface area is 157 Å². The molecule has 0 aliphatic rings. The maximum atomic E-state index is 12.9. The lowest BCUT2D eigenvalue weighted by Crippen LogP contribution is -2.23. The predicted molar refractivity (Wildman–Crippen MR) is 93.9 cm³/mol. The van der Waals surface area contributed by atoms with Crippen LogP contribution in [0, 0.1) is 0 Å². The molecule has 9 heteroatoms. The third-order valence-electron chi connectivity index (χ3n) is 3.57. The van der Waals surface area contributed by atoms with Gasteiger partial charge in [-0.25, -0.2) is 0 Å². The van der Waals surface area contributed by atoms with E-state index in [2.05, 4.69) is 15.6 Å². The SMILES string of the molecule is O=C(NCc1ccco1)c1cc(Nc2cc(C(F)(F)F)ccc2Cl)ccn1. The average molecular weight is 396 g/mol. The fourth-order valence-electron chi connectivity index (χ4n) is 2.26. The van der Waals surface area contributed by atoms with Crippen LogP contribution in [-0.4, -0.2) is 10.9 Å². The van der Waals surface area contributed by atoms with Crippen LogP contribution in [0.5, 0.6) is 0 Å². The second-order valence-electron chi connectivity index (χ2n) is 5.51. The Morgan fingerprint density at radius 2 is 2.00 bits per heavy atom. The number of rotatable bonds is 5. The number of aromatic nitrogens is 1. The second kappa shape index (κ2) is 7.71. The summed E-state index contributed by atoms with van der Waals surface area (Å²) in [4.78, 5) is 16.1. The van der Waals surface area contributed by atoms with E-state index in [1.54, 1.807) is 12.1 Å². The van der Waals surface area contributed by atoms with Gasteiger partial charge in [-0.1, -0.05) is 11.6 Å². The summed E-state index contributed by atoms with van der Waals surface area (Å²) in [5.74, 6) is 0.124. The van der Waals surface area contributed by atoms with Gasteiger partial charge in [-0.2, -0.15) is 13.2 Å². The van der Waals surface area contributed by atoms with Crippen molar-refractivity contribution < 1.29 is 22.4 Å². The van der Waals surface area contributed by atoms with Crippen molar-refractivity contribution in [1.82, 2.24) is 10.3 Å². The van der Waals surface area contributed by atoms with Crippen LogP contribution in [0.25, 0.3) is 0 Å². The van der Waals surface area contributed by atoms with E-state index in [0.717, 1.165) is 18.2 Å². The topological polar surface area (TPSA) is 67.2 Å². The van der Waals surface area contributed by atoms with Crippen molar-refractivity contribution in [3.8, 4) is 0 Å². The minimum Gasteiger partial charge on any atom is -0.467 e. The van der Waals surface area contributed by atoms with Crippen LogP contribution in [-0.2, 0) is 12.7 Å². The van der Waals surface area contributed by atoms with Gasteiger partial charge < -0.3 is 15.1 Å². The Hall–Kier alpha value is -3.00. The number of nitrogens with one attached hydrogen (secondary N) is 2. The standard InChI is InChI=1S/C18H13ClF3N3O2/c19-14-4-3-11(18(20,21)22)8-15(14)25-12-5-6-23-16(9-12)17(26)24-10-13-2-1-7-27-13/h1-9H,10H2,(H,23,25)(H,24,26). The van der Waals surface area contributed by atoms with Crippen molar-refractivity contribution >= 4 is 28.9 Å². The lowest BCUT2D eigenvalue weighted by Gasteiger charge is -2.13. The van der Waals surface area contributed by atoms with Crippen LogP contribution in [0.15, 0.2) is 59.3 Å². The van der Waals surface area contributed by atoms with Gasteiger partial charge in [0.25, 0.3) is 5.91 Å². The van der Waals surface area contributed by atoms with E-state index in [4.69, 9.17) is 16.0 Å². The molecule has 2 heterocycles. The Kier molecular flexibility index (Phi) is 5.36. The van der Waals surface area contributed by atoms with E-state index < -0.39 is 17.6 Å². The molecule has 0 saturated carbocycles. The largest absolute Gasteiger partial charge is 0.467 e. The van der Waals surface area contributed by atoms with Crippen LogP contribution >= 0.6 is 11.6 Å². The quantitative estimate of drug-likeness (QED) is 0.636. The normalized spacial score (nSPS) is 11.3. The summed E-state index contributed by atoms with van der Waals surface area (Å²) in [5.41, 5.74) is -0.302. The van der Waals surface area contributed by atoms with E-state index >= 15 is 0 Å². The van der Waals surface area contributed by atoms with Gasteiger partial charge in [0.05, 0.1) is 29.1 Å². The highest BCUT2D eigenvalue weighted by Crippen LogP contribution is 2.34. The molecule has 0 aliphatic carbocycles. The van der Waals surface area contributed by atoms with Gasteiger partial charge >= 0.3 is 6.18 Å². The number of pyridine rings is 1. The molecule has 1 aromatic carbocycles. The van der Waals surface area contributed by atoms with Crippen LogP contribution in [0.4, 0.5) is 24.5 Å². The van der Waals surface area contributed by atoms with Crippen molar-refractivity contribution in [3.63, 3.8) is 0 Å². The maximum Gasteiger partial charge on any atom is 0.416 e. The first-order valence-corrected chi connectivity index (χ1v) is 8.11. The number of carbonyl (C=O) groups is 1. The Morgan fingerprint density at radius 3 is 2.70 bits per heavy atom. The molecule has 0 spiro atoms. The smallest absolute Gasteiger partial charge is 0.416 e. The second-order valence-corrected chi connectivity index (χ2v) is 5.92. The molecule has 0 bridgehead atoms. The molecule has 3 aromatic rings. The number of furan rings is 1. The third kappa shape index (κ3) is 4.79. The van der Waals surface area contributed by atoms with Crippen molar-refractivity contribution in [2.45, 2.75) is 12.7 Å². The molecule has 2 N–H and O–H groups in total. The fraction of sp³-hybridized carbons (Fsp3) is 0.111. The number of anilines is 2. The number of hydrogen-bond donors (Lipinski definition) is 2. The van der Waals surface area contributed by atoms with E-state index in [9.17, 15) is 18.0 Å². The fourth-order valence-corrected chi connectivity index (χ4v) is 2.42. The first kappa shape index (κ1) is 18.8. The van der Waals surface area contributed by atoms with Crippen LogP contribution < -0.4 is 10.6 Å². The molecule has 3 rings (SSSR count). The Balaban J connectivity index is 1.75. The zero-order chi connectivity index (χ0) is 19.4.